The second kappa shape index (κ2) is 5.27. The molecule has 8 heteroatoms. The van der Waals surface area contributed by atoms with Crippen LogP contribution in [0.2, 0.25) is 5.02 Å². The lowest BCUT2D eigenvalue weighted by molar-refractivity contribution is -0.384. The highest BCUT2D eigenvalue weighted by Gasteiger charge is 2.12. The maximum absolute atomic E-state index is 12.3. The summed E-state index contributed by atoms with van der Waals surface area (Å²) in [5, 5.41) is 13.0. The van der Waals surface area contributed by atoms with E-state index in [1.54, 1.807) is 11.4 Å². The average molecular weight is 322 g/mol. The van der Waals surface area contributed by atoms with Crippen LogP contribution in [0.4, 0.5) is 5.69 Å². The van der Waals surface area contributed by atoms with Gasteiger partial charge in [0.25, 0.3) is 11.2 Å². The van der Waals surface area contributed by atoms with E-state index in [4.69, 9.17) is 11.6 Å². The van der Waals surface area contributed by atoms with Gasteiger partial charge in [0.2, 0.25) is 0 Å². The van der Waals surface area contributed by atoms with Crippen molar-refractivity contribution in [2.75, 3.05) is 0 Å². The van der Waals surface area contributed by atoms with Gasteiger partial charge in [-0.25, -0.2) is 4.98 Å². The van der Waals surface area contributed by atoms with E-state index in [0.717, 1.165) is 0 Å². The van der Waals surface area contributed by atoms with E-state index in [1.165, 1.54) is 40.4 Å². The highest BCUT2D eigenvalue weighted by Crippen LogP contribution is 2.23. The normalized spacial score (nSPS) is 10.9. The van der Waals surface area contributed by atoms with E-state index in [0.29, 0.717) is 20.8 Å². The van der Waals surface area contributed by atoms with Gasteiger partial charge in [0.15, 0.2) is 0 Å². The van der Waals surface area contributed by atoms with Crippen molar-refractivity contribution in [2.24, 2.45) is 0 Å². The van der Waals surface area contributed by atoms with Crippen molar-refractivity contribution < 1.29 is 4.92 Å². The molecule has 0 atom stereocenters. The van der Waals surface area contributed by atoms with Crippen LogP contribution >= 0.6 is 22.9 Å². The Labute approximate surface area is 127 Å². The molecule has 0 saturated carbocycles. The van der Waals surface area contributed by atoms with Gasteiger partial charge >= 0.3 is 0 Å². The first-order chi connectivity index (χ1) is 10.1. The number of halogens is 1. The van der Waals surface area contributed by atoms with E-state index in [9.17, 15) is 14.9 Å². The number of benzene rings is 1. The summed E-state index contributed by atoms with van der Waals surface area (Å²) in [4.78, 5) is 26.8. The topological polar surface area (TPSA) is 78.0 Å². The molecule has 6 nitrogen and oxygen atoms in total. The van der Waals surface area contributed by atoms with Gasteiger partial charge in [0.1, 0.15) is 4.70 Å². The second-order valence-electron chi connectivity index (χ2n) is 4.35. The lowest BCUT2D eigenvalue weighted by Crippen LogP contribution is -2.20. The van der Waals surface area contributed by atoms with Gasteiger partial charge in [-0.3, -0.25) is 19.5 Å². The zero-order chi connectivity index (χ0) is 15.0. The van der Waals surface area contributed by atoms with Crippen molar-refractivity contribution >= 4 is 38.8 Å². The Morgan fingerprint density at radius 3 is 2.95 bits per heavy atom. The molecule has 0 bridgehead atoms. The molecule has 0 radical (unpaired) electrons. The molecule has 106 valence electrons. The van der Waals surface area contributed by atoms with E-state index in [2.05, 4.69) is 4.98 Å². The lowest BCUT2D eigenvalue weighted by Gasteiger charge is -2.07. The Morgan fingerprint density at radius 1 is 1.38 bits per heavy atom. The third kappa shape index (κ3) is 2.53. The predicted molar refractivity (Wildman–Crippen MR) is 81.1 cm³/mol. The van der Waals surface area contributed by atoms with E-state index >= 15 is 0 Å². The van der Waals surface area contributed by atoms with Gasteiger partial charge in [0, 0.05) is 17.2 Å². The third-order valence-corrected chi connectivity index (χ3v) is 4.28. The van der Waals surface area contributed by atoms with Gasteiger partial charge < -0.3 is 0 Å². The minimum absolute atomic E-state index is 0.0624. The first-order valence-corrected chi connectivity index (χ1v) is 7.17. The van der Waals surface area contributed by atoms with Gasteiger partial charge in [-0.05, 0) is 23.1 Å². The third-order valence-electron chi connectivity index (χ3n) is 3.02. The molecule has 3 aromatic rings. The zero-order valence-electron chi connectivity index (χ0n) is 10.5. The van der Waals surface area contributed by atoms with Crippen molar-refractivity contribution in [1.82, 2.24) is 9.55 Å². The zero-order valence-corrected chi connectivity index (χ0v) is 12.1. The average Bonchev–Trinajstić information content (AvgIpc) is 2.93. The molecule has 2 aromatic heterocycles. The molecule has 0 fully saturated rings. The minimum atomic E-state index is -0.497. The van der Waals surface area contributed by atoms with Crippen molar-refractivity contribution in [3.8, 4) is 0 Å². The van der Waals surface area contributed by atoms with Crippen molar-refractivity contribution in [2.45, 2.75) is 6.54 Å². The number of nitro benzene ring substituents is 1. The Kier molecular flexibility index (Phi) is 3.44. The number of fused-ring (bicyclic) bond motifs is 1. The molecule has 0 unspecified atom stereocenters. The Morgan fingerprint density at radius 2 is 2.19 bits per heavy atom. The fourth-order valence-corrected chi connectivity index (χ4v) is 2.94. The standard InChI is InChI=1S/C13H8ClN3O3S/c14-10-2-1-9(17(19)20)5-8(10)6-16-7-15-11-3-4-21-12(11)13(16)18/h1-5,7H,6H2. The van der Waals surface area contributed by atoms with Crippen LogP contribution in [0, 0.1) is 10.1 Å². The Balaban J connectivity index is 2.06. The summed E-state index contributed by atoms with van der Waals surface area (Å²) in [7, 11) is 0. The molecule has 0 amide bonds. The van der Waals surface area contributed by atoms with Crippen molar-refractivity contribution in [1.29, 1.82) is 0 Å². The summed E-state index contributed by atoms with van der Waals surface area (Å²) in [5.41, 5.74) is 0.905. The van der Waals surface area contributed by atoms with Crippen LogP contribution in [0.25, 0.3) is 10.2 Å². The molecule has 3 rings (SSSR count). The maximum atomic E-state index is 12.3. The molecule has 0 aliphatic heterocycles. The number of rotatable bonds is 3. The smallest absolute Gasteiger partial charge is 0.271 e. The number of thiophene rings is 1. The van der Waals surface area contributed by atoms with Gasteiger partial charge in [-0.15, -0.1) is 11.3 Å². The lowest BCUT2D eigenvalue weighted by atomic mass is 10.2. The number of nitro groups is 1. The molecule has 0 spiro atoms. The van der Waals surface area contributed by atoms with Crippen LogP contribution in [-0.4, -0.2) is 14.5 Å². The predicted octanol–water partition coefficient (Wildman–Crippen LogP) is 3.07. The number of hydrogen-bond donors (Lipinski definition) is 0. The fourth-order valence-electron chi connectivity index (χ4n) is 1.97. The molecule has 0 aliphatic carbocycles. The quantitative estimate of drug-likeness (QED) is 0.548. The van der Waals surface area contributed by atoms with E-state index in [1.807, 2.05) is 0 Å². The summed E-state index contributed by atoms with van der Waals surface area (Å²) in [6.07, 6.45) is 1.42. The Hall–Kier alpha value is -2.25. The molecule has 1 aromatic carbocycles. The van der Waals surface area contributed by atoms with E-state index in [-0.39, 0.29) is 17.8 Å². The Bertz CT molecular complexity index is 903. The summed E-state index contributed by atoms with van der Waals surface area (Å²) >= 11 is 7.36. The highest BCUT2D eigenvalue weighted by molar-refractivity contribution is 7.17. The highest BCUT2D eigenvalue weighted by atomic mass is 35.5. The molecular weight excluding hydrogens is 314 g/mol. The largest absolute Gasteiger partial charge is 0.293 e. The maximum Gasteiger partial charge on any atom is 0.271 e. The van der Waals surface area contributed by atoms with Gasteiger partial charge in [0.05, 0.1) is 23.3 Å². The summed E-state index contributed by atoms with van der Waals surface area (Å²) in [5.74, 6) is 0. The van der Waals surface area contributed by atoms with Crippen LogP contribution < -0.4 is 5.56 Å². The minimum Gasteiger partial charge on any atom is -0.293 e. The van der Waals surface area contributed by atoms with Crippen LogP contribution in [0.5, 0.6) is 0 Å². The number of aromatic nitrogens is 2. The SMILES string of the molecule is O=c1c2sccc2ncn1Cc1cc([N+](=O)[O-])ccc1Cl. The number of non-ortho nitro benzene ring substituents is 1. The molecule has 0 saturated heterocycles. The van der Waals surface area contributed by atoms with Crippen molar-refractivity contribution in [3.05, 3.63) is 67.0 Å². The van der Waals surface area contributed by atoms with Gasteiger partial charge in [-0.2, -0.15) is 0 Å². The summed E-state index contributed by atoms with van der Waals surface area (Å²) in [6.45, 7) is 0.139. The number of hydrogen-bond acceptors (Lipinski definition) is 5. The molecular formula is C13H8ClN3O3S. The molecule has 2 heterocycles. The first kappa shape index (κ1) is 13.7. The van der Waals surface area contributed by atoms with Crippen LogP contribution in [0.15, 0.2) is 40.8 Å². The second-order valence-corrected chi connectivity index (χ2v) is 5.67. The van der Waals surface area contributed by atoms with Crippen LogP contribution in [0.3, 0.4) is 0 Å². The molecule has 0 aliphatic rings. The fraction of sp³-hybridized carbons (Fsp3) is 0.0769. The molecule has 21 heavy (non-hydrogen) atoms. The van der Waals surface area contributed by atoms with Crippen LogP contribution in [0.1, 0.15) is 5.56 Å². The van der Waals surface area contributed by atoms with Gasteiger partial charge in [-0.1, -0.05) is 11.6 Å². The molecule has 0 N–H and O–H groups in total. The van der Waals surface area contributed by atoms with E-state index < -0.39 is 4.92 Å². The monoisotopic (exact) mass is 321 g/mol. The summed E-state index contributed by atoms with van der Waals surface area (Å²) in [6, 6.07) is 5.92. The number of nitrogens with zero attached hydrogens (tertiary/aromatic N) is 3. The van der Waals surface area contributed by atoms with Crippen molar-refractivity contribution in [3.63, 3.8) is 0 Å². The summed E-state index contributed by atoms with van der Waals surface area (Å²) < 4.78 is 1.95. The first-order valence-electron chi connectivity index (χ1n) is 5.92. The van der Waals surface area contributed by atoms with Crippen LogP contribution in [-0.2, 0) is 6.54 Å².